The second kappa shape index (κ2) is 8.63. The number of ether oxygens (including phenoxy) is 1. The van der Waals surface area contributed by atoms with Gasteiger partial charge in [-0.3, -0.25) is 4.79 Å². The fourth-order valence-corrected chi connectivity index (χ4v) is 1.64. The molecule has 0 fully saturated rings. The van der Waals surface area contributed by atoms with Gasteiger partial charge in [-0.2, -0.15) is 5.26 Å². The Hall–Kier alpha value is -2.61. The highest BCUT2D eigenvalue weighted by Gasteiger charge is 2.20. The van der Waals surface area contributed by atoms with Crippen molar-refractivity contribution in [3.8, 4) is 6.07 Å². The first-order chi connectivity index (χ1) is 10.5. The highest BCUT2D eigenvalue weighted by Crippen LogP contribution is 2.10. The van der Waals surface area contributed by atoms with Crippen molar-refractivity contribution < 1.29 is 14.3 Å². The van der Waals surface area contributed by atoms with Crippen LogP contribution in [0, 0.1) is 18.3 Å². The predicted molar refractivity (Wildman–Crippen MR) is 83.6 cm³/mol. The molecule has 1 amide bonds. The molecule has 0 saturated heterocycles. The number of hydrogen-bond acceptors (Lipinski definition) is 4. The quantitative estimate of drug-likeness (QED) is 0.497. The smallest absolute Gasteiger partial charge is 0.349 e. The maximum absolute atomic E-state index is 11.9. The van der Waals surface area contributed by atoms with Gasteiger partial charge in [0.15, 0.2) is 6.10 Å². The van der Waals surface area contributed by atoms with Gasteiger partial charge in [0.05, 0.1) is 0 Å². The number of aryl methyl sites for hydroxylation is 1. The molecule has 116 valence electrons. The van der Waals surface area contributed by atoms with Crippen molar-refractivity contribution in [2.75, 3.05) is 6.54 Å². The van der Waals surface area contributed by atoms with Crippen molar-refractivity contribution in [3.05, 3.63) is 41.0 Å². The second-order valence-corrected chi connectivity index (χ2v) is 4.92. The molecule has 0 radical (unpaired) electrons. The van der Waals surface area contributed by atoms with Crippen LogP contribution in [-0.4, -0.2) is 24.5 Å². The molecule has 0 spiro atoms. The van der Waals surface area contributed by atoms with E-state index < -0.39 is 12.1 Å². The molecule has 0 saturated carbocycles. The maximum Gasteiger partial charge on any atom is 0.349 e. The first kappa shape index (κ1) is 17.4. The summed E-state index contributed by atoms with van der Waals surface area (Å²) in [7, 11) is 0. The van der Waals surface area contributed by atoms with Crippen molar-refractivity contribution in [1.29, 1.82) is 5.26 Å². The summed E-state index contributed by atoms with van der Waals surface area (Å²) < 4.78 is 5.02. The number of nitrogens with one attached hydrogen (secondary N) is 1. The van der Waals surface area contributed by atoms with E-state index in [0.29, 0.717) is 6.54 Å². The van der Waals surface area contributed by atoms with Crippen molar-refractivity contribution >= 4 is 18.0 Å². The first-order valence-electron chi connectivity index (χ1n) is 7.15. The minimum absolute atomic E-state index is 0.140. The summed E-state index contributed by atoms with van der Waals surface area (Å²) in [5, 5.41) is 11.7. The molecule has 0 unspecified atom stereocenters. The summed E-state index contributed by atoms with van der Waals surface area (Å²) in [6, 6.07) is 9.18. The Labute approximate surface area is 130 Å². The van der Waals surface area contributed by atoms with Gasteiger partial charge in [-0.1, -0.05) is 36.8 Å². The lowest BCUT2D eigenvalue weighted by atomic mass is 10.1. The van der Waals surface area contributed by atoms with Crippen LogP contribution in [0.2, 0.25) is 0 Å². The van der Waals surface area contributed by atoms with Crippen LogP contribution < -0.4 is 5.32 Å². The Morgan fingerprint density at radius 1 is 1.36 bits per heavy atom. The van der Waals surface area contributed by atoms with Crippen LogP contribution in [0.25, 0.3) is 6.08 Å². The van der Waals surface area contributed by atoms with Crippen LogP contribution in [0.4, 0.5) is 0 Å². The van der Waals surface area contributed by atoms with Crippen LogP contribution >= 0.6 is 0 Å². The van der Waals surface area contributed by atoms with Crippen molar-refractivity contribution in [3.63, 3.8) is 0 Å². The van der Waals surface area contributed by atoms with Gasteiger partial charge in [-0.05, 0) is 31.9 Å². The number of amides is 1. The molecule has 0 heterocycles. The Bertz CT molecular complexity index is 597. The lowest BCUT2D eigenvalue weighted by molar-refractivity contribution is -0.150. The number of nitriles is 1. The van der Waals surface area contributed by atoms with E-state index in [0.717, 1.165) is 17.5 Å². The van der Waals surface area contributed by atoms with Gasteiger partial charge in [0.1, 0.15) is 11.6 Å². The van der Waals surface area contributed by atoms with Gasteiger partial charge in [-0.25, -0.2) is 4.79 Å². The van der Waals surface area contributed by atoms with Gasteiger partial charge < -0.3 is 10.1 Å². The van der Waals surface area contributed by atoms with Crippen LogP contribution in [0.15, 0.2) is 29.8 Å². The molecule has 5 heteroatoms. The maximum atomic E-state index is 11.9. The zero-order valence-corrected chi connectivity index (χ0v) is 13.1. The number of nitrogens with zero attached hydrogens (tertiary/aromatic N) is 1. The number of esters is 1. The first-order valence-corrected chi connectivity index (χ1v) is 7.15. The molecular weight excluding hydrogens is 280 g/mol. The van der Waals surface area contributed by atoms with Gasteiger partial charge in [0.25, 0.3) is 5.91 Å². The molecule has 1 rings (SSSR count). The van der Waals surface area contributed by atoms with Crippen LogP contribution in [0.3, 0.4) is 0 Å². The molecule has 0 aliphatic heterocycles. The number of rotatable bonds is 6. The molecule has 1 atom stereocenters. The van der Waals surface area contributed by atoms with E-state index in [-0.39, 0.29) is 11.5 Å². The van der Waals surface area contributed by atoms with Gasteiger partial charge in [0, 0.05) is 6.54 Å². The van der Waals surface area contributed by atoms with Gasteiger partial charge >= 0.3 is 5.97 Å². The van der Waals surface area contributed by atoms with Crippen LogP contribution in [-0.2, 0) is 14.3 Å². The van der Waals surface area contributed by atoms with Gasteiger partial charge in [-0.15, -0.1) is 0 Å². The highest BCUT2D eigenvalue weighted by atomic mass is 16.5. The van der Waals surface area contributed by atoms with Crippen LogP contribution in [0.5, 0.6) is 0 Å². The van der Waals surface area contributed by atoms with E-state index >= 15 is 0 Å². The fraction of sp³-hybridized carbons (Fsp3) is 0.353. The lowest BCUT2D eigenvalue weighted by Gasteiger charge is -2.12. The third kappa shape index (κ3) is 5.41. The third-order valence-electron chi connectivity index (χ3n) is 2.93. The molecular formula is C17H20N2O3. The second-order valence-electron chi connectivity index (χ2n) is 4.92. The van der Waals surface area contributed by atoms with Gasteiger partial charge in [0.2, 0.25) is 0 Å². The largest absolute Gasteiger partial charge is 0.448 e. The molecule has 0 bridgehead atoms. The zero-order chi connectivity index (χ0) is 16.5. The summed E-state index contributed by atoms with van der Waals surface area (Å²) in [6.45, 7) is 5.87. The number of hydrogen-bond donors (Lipinski definition) is 1. The minimum Gasteiger partial charge on any atom is -0.448 e. The normalized spacial score (nSPS) is 12.2. The highest BCUT2D eigenvalue weighted by molar-refractivity contribution is 5.99. The van der Waals surface area contributed by atoms with Crippen molar-refractivity contribution in [1.82, 2.24) is 5.32 Å². The SMILES string of the molecule is CCCNC(=O)[C@H](C)OC(=O)/C(C#N)=C/c1ccc(C)cc1. The number of carbonyl (C=O) groups is 2. The number of carbonyl (C=O) groups excluding carboxylic acids is 2. The molecule has 0 aromatic heterocycles. The molecule has 5 nitrogen and oxygen atoms in total. The Morgan fingerprint density at radius 2 is 2.00 bits per heavy atom. The van der Waals surface area contributed by atoms with Crippen molar-refractivity contribution in [2.24, 2.45) is 0 Å². The van der Waals surface area contributed by atoms with Crippen molar-refractivity contribution in [2.45, 2.75) is 33.3 Å². The zero-order valence-electron chi connectivity index (χ0n) is 13.1. The molecule has 22 heavy (non-hydrogen) atoms. The molecule has 0 aliphatic rings. The lowest BCUT2D eigenvalue weighted by Crippen LogP contribution is -2.36. The standard InChI is InChI=1S/C17H20N2O3/c1-4-9-19-16(20)13(3)22-17(21)15(11-18)10-14-7-5-12(2)6-8-14/h5-8,10,13H,4,9H2,1-3H3,(H,19,20)/b15-10+/t13-/m0/s1. The van der Waals surface area contributed by atoms with E-state index in [1.807, 2.05) is 32.0 Å². The fourth-order valence-electron chi connectivity index (χ4n) is 1.64. The average molecular weight is 300 g/mol. The Kier molecular flexibility index (Phi) is 6.84. The van der Waals surface area contributed by atoms with Crippen LogP contribution in [0.1, 0.15) is 31.4 Å². The third-order valence-corrected chi connectivity index (χ3v) is 2.93. The average Bonchev–Trinajstić information content (AvgIpc) is 2.51. The van der Waals surface area contributed by atoms with E-state index in [1.165, 1.54) is 13.0 Å². The predicted octanol–water partition coefficient (Wildman–Crippen LogP) is 2.36. The summed E-state index contributed by atoms with van der Waals surface area (Å²) in [4.78, 5) is 23.6. The molecule has 1 aromatic carbocycles. The van der Waals surface area contributed by atoms with E-state index in [9.17, 15) is 9.59 Å². The monoisotopic (exact) mass is 300 g/mol. The van der Waals surface area contributed by atoms with E-state index in [1.54, 1.807) is 12.1 Å². The summed E-state index contributed by atoms with van der Waals surface area (Å²) in [5.41, 5.74) is 1.67. The molecule has 0 aliphatic carbocycles. The molecule has 1 aromatic rings. The number of benzene rings is 1. The topological polar surface area (TPSA) is 79.2 Å². The van der Waals surface area contributed by atoms with E-state index in [2.05, 4.69) is 5.32 Å². The van der Waals surface area contributed by atoms with E-state index in [4.69, 9.17) is 10.00 Å². The Morgan fingerprint density at radius 3 is 2.55 bits per heavy atom. The minimum atomic E-state index is -0.936. The summed E-state index contributed by atoms with van der Waals surface area (Å²) in [5.74, 6) is -1.18. The summed E-state index contributed by atoms with van der Waals surface area (Å²) in [6.07, 6.45) is 1.30. The molecule has 1 N–H and O–H groups in total. The Balaban J connectivity index is 2.74. The summed E-state index contributed by atoms with van der Waals surface area (Å²) >= 11 is 0.